The molecular weight excluding hydrogens is 274 g/mol. The van der Waals surface area contributed by atoms with Gasteiger partial charge >= 0.3 is 0 Å². The SMILES string of the molecule is Cc1ccc(NC(=O)/C=C/c2cccc3cccnc23)nc1. The summed E-state index contributed by atoms with van der Waals surface area (Å²) in [4.78, 5) is 20.5. The summed E-state index contributed by atoms with van der Waals surface area (Å²) in [6, 6.07) is 13.4. The van der Waals surface area contributed by atoms with Crippen LogP contribution in [0.5, 0.6) is 0 Å². The Kier molecular flexibility index (Phi) is 3.92. The van der Waals surface area contributed by atoms with Gasteiger partial charge in [0.05, 0.1) is 5.52 Å². The molecule has 0 saturated carbocycles. The molecule has 4 heteroatoms. The third-order valence-corrected chi connectivity index (χ3v) is 3.24. The maximum atomic E-state index is 11.9. The average Bonchev–Trinajstić information content (AvgIpc) is 2.55. The summed E-state index contributed by atoms with van der Waals surface area (Å²) in [5.74, 6) is 0.320. The van der Waals surface area contributed by atoms with Crippen LogP contribution < -0.4 is 5.32 Å². The first-order chi connectivity index (χ1) is 10.7. The fraction of sp³-hybridized carbons (Fsp3) is 0.0556. The maximum Gasteiger partial charge on any atom is 0.249 e. The molecule has 0 aliphatic rings. The van der Waals surface area contributed by atoms with E-state index in [1.165, 1.54) is 6.08 Å². The summed E-state index contributed by atoms with van der Waals surface area (Å²) in [6.45, 7) is 1.95. The number of hydrogen-bond donors (Lipinski definition) is 1. The monoisotopic (exact) mass is 289 g/mol. The molecule has 0 atom stereocenters. The largest absolute Gasteiger partial charge is 0.307 e. The number of para-hydroxylation sites is 1. The number of aryl methyl sites for hydroxylation is 1. The molecule has 1 amide bonds. The summed E-state index contributed by atoms with van der Waals surface area (Å²) in [7, 11) is 0. The van der Waals surface area contributed by atoms with Crippen LogP contribution in [0.2, 0.25) is 0 Å². The molecule has 3 rings (SSSR count). The van der Waals surface area contributed by atoms with Crippen LogP contribution in [-0.4, -0.2) is 15.9 Å². The van der Waals surface area contributed by atoms with E-state index in [4.69, 9.17) is 0 Å². The molecule has 1 aromatic carbocycles. The number of nitrogens with zero attached hydrogens (tertiary/aromatic N) is 2. The van der Waals surface area contributed by atoms with Crippen LogP contribution in [0.1, 0.15) is 11.1 Å². The molecule has 4 nitrogen and oxygen atoms in total. The van der Waals surface area contributed by atoms with Crippen molar-refractivity contribution in [1.29, 1.82) is 0 Å². The first-order valence-corrected chi connectivity index (χ1v) is 6.98. The van der Waals surface area contributed by atoms with Crippen LogP contribution in [0.25, 0.3) is 17.0 Å². The molecular formula is C18H15N3O. The number of carbonyl (C=O) groups is 1. The van der Waals surface area contributed by atoms with Crippen molar-refractivity contribution in [1.82, 2.24) is 9.97 Å². The molecule has 1 N–H and O–H groups in total. The van der Waals surface area contributed by atoms with Crippen molar-refractivity contribution in [2.45, 2.75) is 6.92 Å². The van der Waals surface area contributed by atoms with Crippen LogP contribution >= 0.6 is 0 Å². The van der Waals surface area contributed by atoms with Crippen molar-refractivity contribution in [3.63, 3.8) is 0 Å². The van der Waals surface area contributed by atoms with Crippen molar-refractivity contribution < 1.29 is 4.79 Å². The molecule has 108 valence electrons. The van der Waals surface area contributed by atoms with Crippen LogP contribution in [-0.2, 0) is 4.79 Å². The predicted octanol–water partition coefficient (Wildman–Crippen LogP) is 3.59. The molecule has 0 unspecified atom stereocenters. The van der Waals surface area contributed by atoms with E-state index in [2.05, 4.69) is 15.3 Å². The number of benzene rings is 1. The topological polar surface area (TPSA) is 54.9 Å². The molecule has 0 bridgehead atoms. The molecule has 22 heavy (non-hydrogen) atoms. The maximum absolute atomic E-state index is 11.9. The third-order valence-electron chi connectivity index (χ3n) is 3.24. The highest BCUT2D eigenvalue weighted by Crippen LogP contribution is 2.17. The van der Waals surface area contributed by atoms with Crippen molar-refractivity contribution in [2.24, 2.45) is 0 Å². The van der Waals surface area contributed by atoms with Gasteiger partial charge in [0.25, 0.3) is 0 Å². The summed E-state index contributed by atoms with van der Waals surface area (Å²) >= 11 is 0. The van der Waals surface area contributed by atoms with Crippen LogP contribution in [0.15, 0.2) is 60.9 Å². The molecule has 0 radical (unpaired) electrons. The van der Waals surface area contributed by atoms with Crippen molar-refractivity contribution in [3.8, 4) is 0 Å². The van der Waals surface area contributed by atoms with E-state index in [1.54, 1.807) is 24.5 Å². The fourth-order valence-corrected chi connectivity index (χ4v) is 2.14. The van der Waals surface area contributed by atoms with Gasteiger partial charge in [0.1, 0.15) is 5.82 Å². The minimum Gasteiger partial charge on any atom is -0.307 e. The van der Waals surface area contributed by atoms with Crippen molar-refractivity contribution in [2.75, 3.05) is 5.32 Å². The number of pyridine rings is 2. The Morgan fingerprint density at radius 2 is 1.95 bits per heavy atom. The summed E-state index contributed by atoms with van der Waals surface area (Å²) in [5, 5.41) is 3.78. The van der Waals surface area contributed by atoms with Gasteiger partial charge in [-0.1, -0.05) is 30.3 Å². The molecule has 0 fully saturated rings. The standard InChI is InChI=1S/C18H15N3O/c1-13-7-9-16(20-12-13)21-17(22)10-8-15-5-2-4-14-6-3-11-19-18(14)15/h2-12H,1H3,(H,20,21,22)/b10-8+. The lowest BCUT2D eigenvalue weighted by molar-refractivity contribution is -0.111. The lowest BCUT2D eigenvalue weighted by Gasteiger charge is -2.02. The van der Waals surface area contributed by atoms with Gasteiger partial charge in [0.15, 0.2) is 0 Å². The number of carbonyl (C=O) groups excluding carboxylic acids is 1. The molecule has 0 aliphatic heterocycles. The van der Waals surface area contributed by atoms with Crippen molar-refractivity contribution in [3.05, 3.63) is 72.1 Å². The Hall–Kier alpha value is -3.01. The second-order valence-electron chi connectivity index (χ2n) is 4.97. The van der Waals surface area contributed by atoms with Gasteiger partial charge < -0.3 is 5.32 Å². The van der Waals surface area contributed by atoms with Gasteiger partial charge in [0, 0.05) is 29.4 Å². The normalized spacial score (nSPS) is 11.0. The molecule has 0 spiro atoms. The minimum atomic E-state index is -0.218. The Labute approximate surface area is 128 Å². The van der Waals surface area contributed by atoms with E-state index in [9.17, 15) is 4.79 Å². The summed E-state index contributed by atoms with van der Waals surface area (Å²) in [6.07, 6.45) is 6.72. The van der Waals surface area contributed by atoms with Crippen LogP contribution in [0, 0.1) is 6.92 Å². The van der Waals surface area contributed by atoms with Gasteiger partial charge in [-0.25, -0.2) is 4.98 Å². The Morgan fingerprint density at radius 3 is 2.77 bits per heavy atom. The molecule has 2 aromatic heterocycles. The first-order valence-electron chi connectivity index (χ1n) is 6.98. The van der Waals surface area contributed by atoms with Crippen LogP contribution in [0.4, 0.5) is 5.82 Å². The summed E-state index contributed by atoms with van der Waals surface area (Å²) < 4.78 is 0. The zero-order valence-corrected chi connectivity index (χ0v) is 12.2. The van der Waals surface area contributed by atoms with Gasteiger partial charge in [-0.05, 0) is 30.7 Å². The number of aromatic nitrogens is 2. The van der Waals surface area contributed by atoms with Gasteiger partial charge in [-0.2, -0.15) is 0 Å². The zero-order valence-electron chi connectivity index (χ0n) is 12.2. The predicted molar refractivity (Wildman–Crippen MR) is 88.4 cm³/mol. The fourth-order valence-electron chi connectivity index (χ4n) is 2.14. The molecule has 2 heterocycles. The van der Waals surface area contributed by atoms with E-state index < -0.39 is 0 Å². The Morgan fingerprint density at radius 1 is 1.09 bits per heavy atom. The number of anilines is 1. The quantitative estimate of drug-likeness (QED) is 0.750. The van der Waals surface area contributed by atoms with E-state index in [0.717, 1.165) is 22.0 Å². The number of hydrogen-bond acceptors (Lipinski definition) is 3. The number of nitrogens with one attached hydrogen (secondary N) is 1. The zero-order chi connectivity index (χ0) is 15.4. The van der Waals surface area contributed by atoms with Gasteiger partial charge in [-0.15, -0.1) is 0 Å². The molecule has 3 aromatic rings. The highest BCUT2D eigenvalue weighted by Gasteiger charge is 2.01. The lowest BCUT2D eigenvalue weighted by atomic mass is 10.1. The Bertz CT molecular complexity index is 833. The minimum absolute atomic E-state index is 0.218. The smallest absolute Gasteiger partial charge is 0.249 e. The molecule has 0 saturated heterocycles. The third kappa shape index (κ3) is 3.17. The summed E-state index contributed by atoms with van der Waals surface area (Å²) in [5.41, 5.74) is 2.84. The van der Waals surface area contributed by atoms with E-state index in [-0.39, 0.29) is 5.91 Å². The van der Waals surface area contributed by atoms with E-state index >= 15 is 0 Å². The number of rotatable bonds is 3. The average molecular weight is 289 g/mol. The second-order valence-corrected chi connectivity index (χ2v) is 4.97. The van der Waals surface area contributed by atoms with Gasteiger partial charge in [0.2, 0.25) is 5.91 Å². The highest BCUT2D eigenvalue weighted by molar-refractivity contribution is 6.02. The molecule has 0 aliphatic carbocycles. The first kappa shape index (κ1) is 13.9. The van der Waals surface area contributed by atoms with Crippen molar-refractivity contribution >= 4 is 28.7 Å². The van der Waals surface area contributed by atoms with Gasteiger partial charge in [-0.3, -0.25) is 9.78 Å². The van der Waals surface area contributed by atoms with E-state index in [1.807, 2.05) is 43.3 Å². The number of fused-ring (bicyclic) bond motifs is 1. The number of amides is 1. The lowest BCUT2D eigenvalue weighted by Crippen LogP contribution is -2.08. The highest BCUT2D eigenvalue weighted by atomic mass is 16.1. The van der Waals surface area contributed by atoms with Crippen LogP contribution in [0.3, 0.4) is 0 Å². The Balaban J connectivity index is 1.78. The second kappa shape index (κ2) is 6.18. The van der Waals surface area contributed by atoms with E-state index in [0.29, 0.717) is 5.82 Å².